The lowest BCUT2D eigenvalue weighted by Gasteiger charge is -2.34. The molecule has 50 heavy (non-hydrogen) atoms. The first kappa shape index (κ1) is 29.7. The van der Waals surface area contributed by atoms with E-state index in [1.54, 1.807) is 0 Å². The number of para-hydroxylation sites is 1. The van der Waals surface area contributed by atoms with Gasteiger partial charge < -0.3 is 4.42 Å². The van der Waals surface area contributed by atoms with E-state index in [1.165, 1.54) is 20.7 Å². The van der Waals surface area contributed by atoms with Crippen molar-refractivity contribution in [2.75, 3.05) is 0 Å². The van der Waals surface area contributed by atoms with Gasteiger partial charge in [0.2, 0.25) is 0 Å². The minimum Gasteiger partial charge on any atom is -0.456 e. The van der Waals surface area contributed by atoms with Crippen molar-refractivity contribution in [1.29, 1.82) is 0 Å². The second-order valence-electron chi connectivity index (χ2n) is 12.4. The molecular weight excluding hydrogens is 627 g/mol. The number of fused-ring (bicyclic) bond motifs is 3. The van der Waals surface area contributed by atoms with E-state index in [0.29, 0.717) is 17.5 Å². The third-order valence-electron chi connectivity index (χ3n) is 9.51. The molecule has 9 aromatic rings. The zero-order chi connectivity index (χ0) is 33.3. The Bertz CT molecular complexity index is 2470. The molecular formula is C45H31N3OSi. The van der Waals surface area contributed by atoms with Gasteiger partial charge in [0.15, 0.2) is 25.5 Å². The normalized spacial score (nSPS) is 11.6. The number of hydrogen-bond donors (Lipinski definition) is 0. The maximum atomic E-state index is 6.23. The van der Waals surface area contributed by atoms with Crippen LogP contribution in [0.2, 0.25) is 0 Å². The number of rotatable bonds is 7. The molecule has 0 bridgehead atoms. The summed E-state index contributed by atoms with van der Waals surface area (Å²) in [6.45, 7) is 0. The van der Waals surface area contributed by atoms with Crippen molar-refractivity contribution < 1.29 is 4.42 Å². The molecule has 0 radical (unpaired) electrons. The zero-order valence-corrected chi connectivity index (χ0v) is 28.1. The molecule has 4 nitrogen and oxygen atoms in total. The van der Waals surface area contributed by atoms with Crippen LogP contribution >= 0.6 is 0 Å². The van der Waals surface area contributed by atoms with Crippen LogP contribution in [0, 0.1) is 0 Å². The average molecular weight is 658 g/mol. The van der Waals surface area contributed by atoms with Gasteiger partial charge in [-0.15, -0.1) is 0 Å². The summed E-state index contributed by atoms with van der Waals surface area (Å²) in [5.74, 6) is 1.86. The van der Waals surface area contributed by atoms with Gasteiger partial charge in [0, 0.05) is 27.5 Å². The van der Waals surface area contributed by atoms with Crippen molar-refractivity contribution in [1.82, 2.24) is 15.0 Å². The Morgan fingerprint density at radius 2 is 0.780 bits per heavy atom. The van der Waals surface area contributed by atoms with E-state index in [-0.39, 0.29) is 0 Å². The van der Waals surface area contributed by atoms with Crippen LogP contribution in [0.4, 0.5) is 0 Å². The number of nitrogens with zero attached hydrogens (tertiary/aromatic N) is 3. The molecule has 2 heterocycles. The van der Waals surface area contributed by atoms with Crippen LogP contribution in [0.1, 0.15) is 0 Å². The van der Waals surface area contributed by atoms with E-state index in [0.717, 1.165) is 38.6 Å². The molecule has 0 fully saturated rings. The lowest BCUT2D eigenvalue weighted by atomic mass is 10.1. The summed E-state index contributed by atoms with van der Waals surface area (Å²) in [6.07, 6.45) is 0. The highest BCUT2D eigenvalue weighted by Gasteiger charge is 2.41. The summed E-state index contributed by atoms with van der Waals surface area (Å²) in [5.41, 5.74) is 4.41. The zero-order valence-electron chi connectivity index (χ0n) is 27.1. The molecule has 0 aliphatic rings. The van der Waals surface area contributed by atoms with Crippen LogP contribution in [0.25, 0.3) is 56.1 Å². The van der Waals surface area contributed by atoms with E-state index in [4.69, 9.17) is 19.4 Å². The monoisotopic (exact) mass is 657 g/mol. The van der Waals surface area contributed by atoms with Gasteiger partial charge in [0.25, 0.3) is 0 Å². The Labute approximate surface area is 291 Å². The van der Waals surface area contributed by atoms with E-state index < -0.39 is 8.07 Å². The molecule has 9 rings (SSSR count). The predicted molar refractivity (Wildman–Crippen MR) is 207 cm³/mol. The minimum absolute atomic E-state index is 0.608. The second kappa shape index (κ2) is 12.5. The highest BCUT2D eigenvalue weighted by Crippen LogP contribution is 2.36. The first-order valence-corrected chi connectivity index (χ1v) is 18.8. The first-order valence-electron chi connectivity index (χ1n) is 16.8. The Hall–Kier alpha value is -6.43. The molecule has 0 aliphatic heterocycles. The average Bonchev–Trinajstić information content (AvgIpc) is 3.59. The maximum Gasteiger partial charge on any atom is 0.179 e. The van der Waals surface area contributed by atoms with Crippen molar-refractivity contribution in [2.24, 2.45) is 0 Å². The third-order valence-corrected chi connectivity index (χ3v) is 14.3. The van der Waals surface area contributed by atoms with Crippen molar-refractivity contribution in [3.05, 3.63) is 188 Å². The van der Waals surface area contributed by atoms with Crippen LogP contribution in [0.3, 0.4) is 0 Å². The summed E-state index contributed by atoms with van der Waals surface area (Å²) in [5, 5.41) is 7.32. The van der Waals surface area contributed by atoms with E-state index >= 15 is 0 Å². The quantitative estimate of drug-likeness (QED) is 0.128. The van der Waals surface area contributed by atoms with Gasteiger partial charge in [-0.2, -0.15) is 0 Å². The van der Waals surface area contributed by atoms with Gasteiger partial charge in [-0.05, 0) is 32.9 Å². The fourth-order valence-corrected chi connectivity index (χ4v) is 12.0. The molecule has 0 saturated carbocycles. The van der Waals surface area contributed by atoms with E-state index in [9.17, 15) is 0 Å². The Morgan fingerprint density at radius 1 is 0.340 bits per heavy atom. The molecule has 0 atom stereocenters. The summed E-state index contributed by atoms with van der Waals surface area (Å²) < 4.78 is 6.23. The van der Waals surface area contributed by atoms with Crippen LogP contribution in [0.15, 0.2) is 192 Å². The molecule has 0 aliphatic carbocycles. The van der Waals surface area contributed by atoms with Gasteiger partial charge >= 0.3 is 0 Å². The molecule has 0 spiro atoms. The SMILES string of the molecule is c1ccc(-c2nc(-c3ccc([Si](c4ccccc4)(c4ccccc4)c4ccccc4)cc3)nc(-c3cccc4oc5ccccc5c34)n2)cc1. The molecule has 236 valence electrons. The number of furan rings is 1. The highest BCUT2D eigenvalue weighted by atomic mass is 28.3. The summed E-state index contributed by atoms with van der Waals surface area (Å²) in [7, 11) is -2.66. The van der Waals surface area contributed by atoms with Gasteiger partial charge in [-0.25, -0.2) is 15.0 Å². The fraction of sp³-hybridized carbons (Fsp3) is 0. The summed E-state index contributed by atoms with van der Waals surface area (Å²) in [6, 6.07) is 66.1. The van der Waals surface area contributed by atoms with Gasteiger partial charge in [-0.3, -0.25) is 0 Å². The van der Waals surface area contributed by atoms with Crippen molar-refractivity contribution in [3.63, 3.8) is 0 Å². The maximum absolute atomic E-state index is 6.23. The Kier molecular flexibility index (Phi) is 7.45. The molecule has 0 amide bonds. The smallest absolute Gasteiger partial charge is 0.179 e. The van der Waals surface area contributed by atoms with Gasteiger partial charge in [0.05, 0.1) is 0 Å². The molecule has 2 aromatic heterocycles. The Morgan fingerprint density at radius 3 is 1.36 bits per heavy atom. The van der Waals surface area contributed by atoms with E-state index in [1.807, 2.05) is 60.7 Å². The third kappa shape index (κ3) is 5.03. The van der Waals surface area contributed by atoms with Crippen LogP contribution in [-0.4, -0.2) is 23.0 Å². The lowest BCUT2D eigenvalue weighted by molar-refractivity contribution is 0.669. The largest absolute Gasteiger partial charge is 0.456 e. The van der Waals surface area contributed by atoms with Crippen molar-refractivity contribution in [3.8, 4) is 34.2 Å². The highest BCUT2D eigenvalue weighted by molar-refractivity contribution is 7.19. The number of benzene rings is 7. The number of hydrogen-bond acceptors (Lipinski definition) is 4. The lowest BCUT2D eigenvalue weighted by Crippen LogP contribution is -2.74. The molecule has 5 heteroatoms. The van der Waals surface area contributed by atoms with Gasteiger partial charge in [-0.1, -0.05) is 176 Å². The van der Waals surface area contributed by atoms with Crippen LogP contribution in [-0.2, 0) is 0 Å². The molecule has 7 aromatic carbocycles. The first-order chi connectivity index (χ1) is 24.8. The van der Waals surface area contributed by atoms with E-state index in [2.05, 4.69) is 127 Å². The Balaban J connectivity index is 1.24. The second-order valence-corrected chi connectivity index (χ2v) is 16.2. The number of aromatic nitrogens is 3. The fourth-order valence-electron chi connectivity index (χ4n) is 7.24. The van der Waals surface area contributed by atoms with Crippen LogP contribution in [0.5, 0.6) is 0 Å². The molecule has 0 saturated heterocycles. The van der Waals surface area contributed by atoms with Gasteiger partial charge in [0.1, 0.15) is 11.2 Å². The van der Waals surface area contributed by atoms with Crippen molar-refractivity contribution in [2.45, 2.75) is 0 Å². The van der Waals surface area contributed by atoms with Crippen molar-refractivity contribution >= 4 is 50.8 Å². The van der Waals surface area contributed by atoms with Crippen LogP contribution < -0.4 is 20.7 Å². The summed E-state index contributed by atoms with van der Waals surface area (Å²) >= 11 is 0. The standard InChI is InChI=1S/C45H31N3OSi/c1-5-16-32(17-6-1)43-46-44(48-45(47-43)39-25-15-27-41-42(39)38-24-13-14-26-40(38)49-41)33-28-30-37(31-29-33)50(34-18-7-2-8-19-34,35-20-9-3-10-21-35)36-22-11-4-12-23-36/h1-31H. The topological polar surface area (TPSA) is 51.8 Å². The molecule has 0 unspecified atom stereocenters. The minimum atomic E-state index is -2.66. The predicted octanol–water partition coefficient (Wildman–Crippen LogP) is 8.15. The molecule has 0 N–H and O–H groups in total. The summed E-state index contributed by atoms with van der Waals surface area (Å²) in [4.78, 5) is 15.3.